The first kappa shape index (κ1) is 17.5. The summed E-state index contributed by atoms with van der Waals surface area (Å²) in [4.78, 5) is 26.1. The van der Waals surface area contributed by atoms with Crippen LogP contribution in [-0.4, -0.2) is 23.6 Å². The number of rotatable bonds is 3. The van der Waals surface area contributed by atoms with E-state index in [1.807, 2.05) is 39.0 Å². The standard InChI is InChI=1S/C20H26O3S/c1-12(2)23-20(22)13(3)14-8-9-17-18(10-14)24-11-15-6-4-5-7-16(15)19(17)21/h8-10,12-13,15-16H,4-7,11H2,1-3H3. The van der Waals surface area contributed by atoms with Gasteiger partial charge in [-0.25, -0.2) is 0 Å². The summed E-state index contributed by atoms with van der Waals surface area (Å²) in [5, 5.41) is 0. The SMILES string of the molecule is CC(C)OC(=O)C(C)c1ccc2c(c1)SCC1CCCCC1C2=O. The predicted molar refractivity (Wildman–Crippen MR) is 96.6 cm³/mol. The van der Waals surface area contributed by atoms with Crippen LogP contribution in [0, 0.1) is 11.8 Å². The third-order valence-electron chi connectivity index (χ3n) is 5.18. The number of thioether (sulfide) groups is 1. The zero-order chi connectivity index (χ0) is 17.3. The van der Waals surface area contributed by atoms with Crippen LogP contribution in [0.3, 0.4) is 0 Å². The lowest BCUT2D eigenvalue weighted by molar-refractivity contribution is -0.148. The van der Waals surface area contributed by atoms with Crippen molar-refractivity contribution in [3.05, 3.63) is 29.3 Å². The van der Waals surface area contributed by atoms with Gasteiger partial charge in [0.2, 0.25) is 0 Å². The van der Waals surface area contributed by atoms with Gasteiger partial charge in [-0.05, 0) is 57.2 Å². The Morgan fingerprint density at radius 1 is 1.21 bits per heavy atom. The van der Waals surface area contributed by atoms with E-state index in [1.54, 1.807) is 11.8 Å². The third kappa shape index (κ3) is 3.53. The molecule has 0 radical (unpaired) electrons. The number of hydrogen-bond donors (Lipinski definition) is 0. The molecule has 1 saturated carbocycles. The highest BCUT2D eigenvalue weighted by Gasteiger charge is 2.35. The van der Waals surface area contributed by atoms with Gasteiger partial charge in [0.1, 0.15) is 0 Å². The lowest BCUT2D eigenvalue weighted by Gasteiger charge is -2.28. The molecule has 0 saturated heterocycles. The van der Waals surface area contributed by atoms with Crippen molar-refractivity contribution >= 4 is 23.5 Å². The third-order valence-corrected chi connectivity index (χ3v) is 6.42. The molecule has 0 amide bonds. The molecule has 1 fully saturated rings. The number of carbonyl (C=O) groups excluding carboxylic acids is 2. The van der Waals surface area contributed by atoms with Crippen molar-refractivity contribution in [3.63, 3.8) is 0 Å². The highest BCUT2D eigenvalue weighted by atomic mass is 32.2. The molecule has 3 rings (SSSR count). The first-order chi connectivity index (χ1) is 11.5. The maximum Gasteiger partial charge on any atom is 0.313 e. The zero-order valence-electron chi connectivity index (χ0n) is 14.7. The molecule has 0 aromatic heterocycles. The highest BCUT2D eigenvalue weighted by molar-refractivity contribution is 7.99. The lowest BCUT2D eigenvalue weighted by Crippen LogP contribution is -2.27. The number of ketones is 1. The van der Waals surface area contributed by atoms with Crippen LogP contribution in [0.4, 0.5) is 0 Å². The van der Waals surface area contributed by atoms with E-state index < -0.39 is 0 Å². The highest BCUT2D eigenvalue weighted by Crippen LogP contribution is 2.42. The minimum Gasteiger partial charge on any atom is -0.463 e. The minimum atomic E-state index is -0.307. The van der Waals surface area contributed by atoms with Crippen LogP contribution in [0.2, 0.25) is 0 Å². The van der Waals surface area contributed by atoms with Gasteiger partial charge in [0.25, 0.3) is 0 Å². The van der Waals surface area contributed by atoms with E-state index in [2.05, 4.69) is 0 Å². The van der Waals surface area contributed by atoms with Crippen molar-refractivity contribution in [2.75, 3.05) is 5.75 Å². The predicted octanol–water partition coefficient (Wildman–Crippen LogP) is 4.84. The normalized spacial score (nSPS) is 24.8. The second kappa shape index (κ2) is 7.30. The van der Waals surface area contributed by atoms with Crippen molar-refractivity contribution in [1.82, 2.24) is 0 Å². The zero-order valence-corrected chi connectivity index (χ0v) is 15.5. The van der Waals surface area contributed by atoms with E-state index in [4.69, 9.17) is 4.74 Å². The monoisotopic (exact) mass is 346 g/mol. The topological polar surface area (TPSA) is 43.4 Å². The Kier molecular flexibility index (Phi) is 5.33. The first-order valence-electron chi connectivity index (χ1n) is 8.99. The average molecular weight is 346 g/mol. The second-order valence-corrected chi connectivity index (χ2v) is 8.35. The van der Waals surface area contributed by atoms with Crippen molar-refractivity contribution in [1.29, 1.82) is 0 Å². The maximum absolute atomic E-state index is 12.9. The van der Waals surface area contributed by atoms with Crippen LogP contribution in [0.15, 0.2) is 23.1 Å². The fourth-order valence-electron chi connectivity index (χ4n) is 3.75. The molecule has 24 heavy (non-hydrogen) atoms. The molecule has 1 heterocycles. The summed E-state index contributed by atoms with van der Waals surface area (Å²) in [6.45, 7) is 5.59. The molecule has 1 aromatic rings. The molecule has 130 valence electrons. The average Bonchev–Trinajstić information content (AvgIpc) is 2.71. The van der Waals surface area contributed by atoms with Gasteiger partial charge in [-0.1, -0.05) is 18.9 Å². The minimum absolute atomic E-state index is 0.111. The van der Waals surface area contributed by atoms with Crippen molar-refractivity contribution < 1.29 is 14.3 Å². The van der Waals surface area contributed by atoms with Crippen molar-refractivity contribution in [3.8, 4) is 0 Å². The van der Waals surface area contributed by atoms with Crippen LogP contribution in [0.25, 0.3) is 0 Å². The molecule has 0 N–H and O–H groups in total. The van der Waals surface area contributed by atoms with E-state index in [-0.39, 0.29) is 23.9 Å². The molecule has 3 unspecified atom stereocenters. The van der Waals surface area contributed by atoms with Gasteiger partial charge >= 0.3 is 5.97 Å². The Labute approximate surface area is 148 Å². The Bertz CT molecular complexity index is 638. The van der Waals surface area contributed by atoms with Gasteiger partial charge in [0, 0.05) is 22.1 Å². The number of carbonyl (C=O) groups is 2. The van der Waals surface area contributed by atoms with E-state index in [9.17, 15) is 9.59 Å². The Morgan fingerprint density at radius 3 is 2.71 bits per heavy atom. The summed E-state index contributed by atoms with van der Waals surface area (Å²) >= 11 is 1.78. The molecular weight excluding hydrogens is 320 g/mol. The fraction of sp³-hybridized carbons (Fsp3) is 0.600. The van der Waals surface area contributed by atoms with E-state index >= 15 is 0 Å². The molecular formula is C20H26O3S. The van der Waals surface area contributed by atoms with Gasteiger partial charge < -0.3 is 4.74 Å². The van der Waals surface area contributed by atoms with Crippen LogP contribution >= 0.6 is 11.8 Å². The molecule has 3 nitrogen and oxygen atoms in total. The molecule has 1 aromatic carbocycles. The number of esters is 1. The van der Waals surface area contributed by atoms with E-state index in [0.29, 0.717) is 11.7 Å². The first-order valence-corrected chi connectivity index (χ1v) is 9.97. The van der Waals surface area contributed by atoms with Crippen LogP contribution in [0.1, 0.15) is 68.3 Å². The molecule has 0 bridgehead atoms. The Morgan fingerprint density at radius 2 is 1.96 bits per heavy atom. The molecule has 3 atom stereocenters. The Hall–Kier alpha value is -1.29. The van der Waals surface area contributed by atoms with Gasteiger partial charge in [-0.2, -0.15) is 0 Å². The maximum atomic E-state index is 12.9. The van der Waals surface area contributed by atoms with Gasteiger partial charge in [-0.3, -0.25) is 9.59 Å². The smallest absolute Gasteiger partial charge is 0.313 e. The largest absolute Gasteiger partial charge is 0.463 e. The number of ether oxygens (including phenoxy) is 1. The van der Waals surface area contributed by atoms with E-state index in [1.165, 1.54) is 19.3 Å². The number of benzene rings is 1. The molecule has 2 aliphatic rings. The Balaban J connectivity index is 1.85. The molecule has 1 aliphatic carbocycles. The summed E-state index contributed by atoms with van der Waals surface area (Å²) in [5.41, 5.74) is 1.78. The number of fused-ring (bicyclic) bond motifs is 2. The number of hydrogen-bond acceptors (Lipinski definition) is 4. The van der Waals surface area contributed by atoms with Gasteiger partial charge in [-0.15, -0.1) is 11.8 Å². The summed E-state index contributed by atoms with van der Waals surface area (Å²) in [6.07, 6.45) is 4.50. The van der Waals surface area contributed by atoms with Crippen LogP contribution in [-0.2, 0) is 9.53 Å². The second-order valence-electron chi connectivity index (χ2n) is 7.29. The van der Waals surface area contributed by atoms with Crippen LogP contribution < -0.4 is 0 Å². The van der Waals surface area contributed by atoms with E-state index in [0.717, 1.165) is 28.2 Å². The van der Waals surface area contributed by atoms with Crippen LogP contribution in [0.5, 0.6) is 0 Å². The van der Waals surface area contributed by atoms with Gasteiger partial charge in [0.15, 0.2) is 5.78 Å². The molecule has 4 heteroatoms. The fourth-order valence-corrected chi connectivity index (χ4v) is 5.09. The molecule has 0 spiro atoms. The summed E-state index contributed by atoms with van der Waals surface area (Å²) in [6, 6.07) is 5.88. The lowest BCUT2D eigenvalue weighted by atomic mass is 9.76. The number of Topliss-reactive ketones (excluding diaryl/α,β-unsaturated/α-hetero) is 1. The molecule has 1 aliphatic heterocycles. The summed E-state index contributed by atoms with van der Waals surface area (Å²) in [5.74, 6) is 1.51. The quantitative estimate of drug-likeness (QED) is 0.735. The summed E-state index contributed by atoms with van der Waals surface area (Å²) < 4.78 is 5.32. The van der Waals surface area contributed by atoms with Crippen molar-refractivity contribution in [2.45, 2.75) is 63.4 Å². The van der Waals surface area contributed by atoms with Crippen molar-refractivity contribution in [2.24, 2.45) is 11.8 Å². The van der Waals surface area contributed by atoms with Gasteiger partial charge in [0.05, 0.1) is 12.0 Å². The summed E-state index contributed by atoms with van der Waals surface area (Å²) in [7, 11) is 0.